The molecule has 0 aliphatic carbocycles. The SMILES string of the molecule is O=S(=O)(Nc1ccc2c(c1)CCCN2S(=O)(=O)c1ccccc1)c1cccc(F)c1. The quantitative estimate of drug-likeness (QED) is 0.647. The number of anilines is 2. The summed E-state index contributed by atoms with van der Waals surface area (Å²) in [5, 5.41) is 0. The zero-order valence-electron chi connectivity index (χ0n) is 15.8. The van der Waals surface area contributed by atoms with Crippen LogP contribution in [0.2, 0.25) is 0 Å². The van der Waals surface area contributed by atoms with Crippen LogP contribution >= 0.6 is 0 Å². The van der Waals surface area contributed by atoms with Crippen LogP contribution in [0, 0.1) is 5.82 Å². The summed E-state index contributed by atoms with van der Waals surface area (Å²) < 4.78 is 68.4. The third kappa shape index (κ3) is 3.90. The molecule has 3 aromatic carbocycles. The molecule has 0 amide bonds. The number of nitrogens with zero attached hydrogens (tertiary/aromatic N) is 1. The molecule has 1 N–H and O–H groups in total. The molecule has 0 unspecified atom stereocenters. The number of hydrogen-bond acceptors (Lipinski definition) is 4. The first-order valence-electron chi connectivity index (χ1n) is 9.26. The van der Waals surface area contributed by atoms with Crippen molar-refractivity contribution < 1.29 is 21.2 Å². The van der Waals surface area contributed by atoms with Gasteiger partial charge in [-0.15, -0.1) is 0 Å². The van der Waals surface area contributed by atoms with Crippen LogP contribution in [-0.2, 0) is 26.5 Å². The van der Waals surface area contributed by atoms with E-state index < -0.39 is 25.9 Å². The van der Waals surface area contributed by atoms with E-state index >= 15 is 0 Å². The number of sulfonamides is 2. The molecule has 1 heterocycles. The van der Waals surface area contributed by atoms with Gasteiger partial charge in [-0.3, -0.25) is 9.03 Å². The Hall–Kier alpha value is -2.91. The number of hydrogen-bond donors (Lipinski definition) is 1. The Morgan fingerprint density at radius 1 is 0.833 bits per heavy atom. The van der Waals surface area contributed by atoms with Gasteiger partial charge in [0.1, 0.15) is 5.82 Å². The maximum Gasteiger partial charge on any atom is 0.264 e. The Morgan fingerprint density at radius 2 is 1.57 bits per heavy atom. The highest BCUT2D eigenvalue weighted by atomic mass is 32.2. The average molecular weight is 447 g/mol. The highest BCUT2D eigenvalue weighted by Crippen LogP contribution is 2.34. The van der Waals surface area contributed by atoms with E-state index in [-0.39, 0.29) is 15.5 Å². The van der Waals surface area contributed by atoms with Gasteiger partial charge in [0.2, 0.25) is 0 Å². The minimum absolute atomic E-state index is 0.187. The Kier molecular flexibility index (Phi) is 5.25. The molecule has 0 spiro atoms. The van der Waals surface area contributed by atoms with Crippen LogP contribution < -0.4 is 9.03 Å². The van der Waals surface area contributed by atoms with Crippen molar-refractivity contribution in [1.29, 1.82) is 0 Å². The minimum Gasteiger partial charge on any atom is -0.280 e. The minimum atomic E-state index is -3.97. The average Bonchev–Trinajstić information content (AvgIpc) is 2.73. The smallest absolute Gasteiger partial charge is 0.264 e. The number of rotatable bonds is 5. The molecule has 1 aliphatic rings. The predicted molar refractivity (Wildman–Crippen MR) is 113 cm³/mol. The van der Waals surface area contributed by atoms with Crippen molar-refractivity contribution in [2.45, 2.75) is 22.6 Å². The second-order valence-electron chi connectivity index (χ2n) is 6.90. The number of nitrogens with one attached hydrogen (secondary N) is 1. The summed E-state index contributed by atoms with van der Waals surface area (Å²) in [6.07, 6.45) is 1.23. The summed E-state index contributed by atoms with van der Waals surface area (Å²) in [5.74, 6) is -0.648. The van der Waals surface area contributed by atoms with E-state index in [2.05, 4.69) is 4.72 Å². The second kappa shape index (κ2) is 7.73. The number of aryl methyl sites for hydroxylation is 1. The zero-order chi connectivity index (χ0) is 21.4. The largest absolute Gasteiger partial charge is 0.280 e. The van der Waals surface area contributed by atoms with Gasteiger partial charge in [-0.2, -0.15) is 0 Å². The molecule has 30 heavy (non-hydrogen) atoms. The van der Waals surface area contributed by atoms with Crippen molar-refractivity contribution in [3.05, 3.63) is 84.2 Å². The lowest BCUT2D eigenvalue weighted by molar-refractivity contribution is 0.586. The number of fused-ring (bicyclic) bond motifs is 1. The fraction of sp³-hybridized carbons (Fsp3) is 0.143. The molecular weight excluding hydrogens is 427 g/mol. The van der Waals surface area contributed by atoms with Crippen molar-refractivity contribution in [1.82, 2.24) is 0 Å². The van der Waals surface area contributed by atoms with Crippen LogP contribution in [0.5, 0.6) is 0 Å². The van der Waals surface area contributed by atoms with Crippen molar-refractivity contribution in [3.63, 3.8) is 0 Å². The third-order valence-electron chi connectivity index (χ3n) is 4.85. The molecule has 0 saturated carbocycles. The van der Waals surface area contributed by atoms with E-state index in [0.29, 0.717) is 25.1 Å². The molecule has 1 aliphatic heterocycles. The van der Waals surface area contributed by atoms with E-state index in [1.165, 1.54) is 28.6 Å². The summed E-state index contributed by atoms with van der Waals surface area (Å²) in [5.41, 5.74) is 1.54. The van der Waals surface area contributed by atoms with Crippen LogP contribution in [0.3, 0.4) is 0 Å². The molecular formula is C21H19FN2O4S2. The standard InChI is InChI=1S/C21H19FN2O4S2/c22-17-7-4-10-20(15-17)29(25,26)23-18-11-12-21-16(14-18)6-5-13-24(21)30(27,28)19-8-2-1-3-9-19/h1-4,7-12,14-15,23H,5-6,13H2. The van der Waals surface area contributed by atoms with E-state index in [9.17, 15) is 21.2 Å². The first-order valence-corrected chi connectivity index (χ1v) is 12.2. The lowest BCUT2D eigenvalue weighted by Gasteiger charge is -2.31. The normalized spacial score (nSPS) is 14.2. The Morgan fingerprint density at radius 3 is 2.30 bits per heavy atom. The van der Waals surface area contributed by atoms with Crippen molar-refractivity contribution in [2.75, 3.05) is 15.6 Å². The summed E-state index contributed by atoms with van der Waals surface area (Å²) >= 11 is 0. The predicted octanol–water partition coefficient (Wildman–Crippen LogP) is 3.77. The first-order chi connectivity index (χ1) is 14.3. The molecule has 6 nitrogen and oxygen atoms in total. The van der Waals surface area contributed by atoms with Gasteiger partial charge in [-0.25, -0.2) is 21.2 Å². The highest BCUT2D eigenvalue weighted by Gasteiger charge is 2.29. The van der Waals surface area contributed by atoms with Gasteiger partial charge in [-0.1, -0.05) is 24.3 Å². The molecule has 9 heteroatoms. The van der Waals surface area contributed by atoms with E-state index in [1.807, 2.05) is 0 Å². The second-order valence-corrected chi connectivity index (χ2v) is 10.4. The van der Waals surface area contributed by atoms with Gasteiger partial charge >= 0.3 is 0 Å². The maximum absolute atomic E-state index is 13.4. The van der Waals surface area contributed by atoms with Crippen LogP contribution in [0.1, 0.15) is 12.0 Å². The van der Waals surface area contributed by atoms with E-state index in [1.54, 1.807) is 42.5 Å². The summed E-state index contributed by atoms with van der Waals surface area (Å²) in [6.45, 7) is 0.346. The van der Waals surface area contributed by atoms with Crippen LogP contribution in [-0.4, -0.2) is 23.4 Å². The highest BCUT2D eigenvalue weighted by molar-refractivity contribution is 7.93. The summed E-state index contributed by atoms with van der Waals surface area (Å²) in [6, 6.07) is 17.6. The van der Waals surface area contributed by atoms with Crippen LogP contribution in [0.15, 0.2) is 82.6 Å². The van der Waals surface area contributed by atoms with Crippen LogP contribution in [0.4, 0.5) is 15.8 Å². The molecule has 0 saturated heterocycles. The molecule has 0 aromatic heterocycles. The number of benzene rings is 3. The zero-order valence-corrected chi connectivity index (χ0v) is 17.5. The van der Waals surface area contributed by atoms with Crippen molar-refractivity contribution in [3.8, 4) is 0 Å². The first kappa shape index (κ1) is 20.4. The van der Waals surface area contributed by atoms with Gasteiger partial charge < -0.3 is 0 Å². The summed E-state index contributed by atoms with van der Waals surface area (Å²) in [4.78, 5) is 0.0160. The Balaban J connectivity index is 1.66. The fourth-order valence-corrected chi connectivity index (χ4v) is 6.09. The molecule has 3 aromatic rings. The fourth-order valence-electron chi connectivity index (χ4n) is 3.44. The Labute approximate surface area is 175 Å². The molecule has 0 fully saturated rings. The lowest BCUT2D eigenvalue weighted by atomic mass is 10.0. The summed E-state index contributed by atoms with van der Waals surface area (Å²) in [7, 11) is -7.69. The monoisotopic (exact) mass is 446 g/mol. The molecule has 0 radical (unpaired) electrons. The molecule has 4 rings (SSSR count). The van der Waals surface area contributed by atoms with Crippen LogP contribution in [0.25, 0.3) is 0 Å². The third-order valence-corrected chi connectivity index (χ3v) is 8.05. The lowest BCUT2D eigenvalue weighted by Crippen LogP contribution is -2.35. The Bertz CT molecular complexity index is 1290. The van der Waals surface area contributed by atoms with Crippen molar-refractivity contribution in [2.24, 2.45) is 0 Å². The van der Waals surface area contributed by atoms with E-state index in [4.69, 9.17) is 0 Å². The van der Waals surface area contributed by atoms with Crippen molar-refractivity contribution >= 4 is 31.4 Å². The van der Waals surface area contributed by atoms with E-state index in [0.717, 1.165) is 11.6 Å². The topological polar surface area (TPSA) is 83.6 Å². The molecule has 156 valence electrons. The molecule has 0 bridgehead atoms. The molecule has 0 atom stereocenters. The van der Waals surface area contributed by atoms with Gasteiger partial charge in [0.05, 0.1) is 15.5 Å². The van der Waals surface area contributed by atoms with Gasteiger partial charge in [0.25, 0.3) is 20.0 Å². The maximum atomic E-state index is 13.4. The van der Waals surface area contributed by atoms with Gasteiger partial charge in [0, 0.05) is 12.2 Å². The van der Waals surface area contributed by atoms with Gasteiger partial charge in [0.15, 0.2) is 0 Å². The number of halogens is 1. The van der Waals surface area contributed by atoms with Gasteiger partial charge in [-0.05, 0) is 66.9 Å².